The van der Waals surface area contributed by atoms with E-state index >= 15 is 0 Å². The summed E-state index contributed by atoms with van der Waals surface area (Å²) in [6, 6.07) is 5.88. The number of carbonyl (C=O) groups excluding carboxylic acids is 1. The third-order valence-corrected chi connectivity index (χ3v) is 5.95. The van der Waals surface area contributed by atoms with Gasteiger partial charge in [-0.2, -0.15) is 10.4 Å². The molecule has 0 atom stereocenters. The fourth-order valence-electron chi connectivity index (χ4n) is 4.15. The van der Waals surface area contributed by atoms with E-state index in [0.29, 0.717) is 18.1 Å². The molecule has 9 heteroatoms. The highest BCUT2D eigenvalue weighted by atomic mass is 16.5. The van der Waals surface area contributed by atoms with Crippen LogP contribution in [0.1, 0.15) is 59.5 Å². The number of rotatable bonds is 7. The second-order valence-electron chi connectivity index (χ2n) is 9.61. The van der Waals surface area contributed by atoms with E-state index in [-0.39, 0.29) is 41.1 Å². The molecule has 1 N–H and O–H groups in total. The summed E-state index contributed by atoms with van der Waals surface area (Å²) in [7, 11) is 0. The summed E-state index contributed by atoms with van der Waals surface area (Å²) in [5, 5.41) is 17.5. The minimum atomic E-state index is -0.264. The van der Waals surface area contributed by atoms with Crippen LogP contribution in [-0.4, -0.2) is 31.8 Å². The van der Waals surface area contributed by atoms with Gasteiger partial charge in [0.05, 0.1) is 42.0 Å². The molecule has 9 nitrogen and oxygen atoms in total. The lowest BCUT2D eigenvalue weighted by Crippen LogP contribution is -2.27. The van der Waals surface area contributed by atoms with Gasteiger partial charge in [-0.15, -0.1) is 0 Å². The minimum absolute atomic E-state index is 0.0505. The smallest absolute Gasteiger partial charge is 0.309 e. The van der Waals surface area contributed by atoms with Crippen molar-refractivity contribution in [2.24, 2.45) is 11.8 Å². The fourth-order valence-corrected chi connectivity index (χ4v) is 4.15. The zero-order valence-electron chi connectivity index (χ0n) is 20.2. The highest BCUT2D eigenvalue weighted by Gasteiger charge is 2.32. The molecule has 0 bridgehead atoms. The molecule has 0 radical (unpaired) electrons. The SMILES string of the molecule is CC(=O)Nc1cc2c(-c3cc(OCC(C)C)c(=O)n(C(C)C)n3)cn(C3CC(C#N)C3)c2cn1. The van der Waals surface area contributed by atoms with Gasteiger partial charge in [-0.3, -0.25) is 9.59 Å². The molecule has 1 aliphatic rings. The zero-order chi connectivity index (χ0) is 24.6. The van der Waals surface area contributed by atoms with Gasteiger partial charge in [0, 0.05) is 36.2 Å². The first-order valence-corrected chi connectivity index (χ1v) is 11.6. The van der Waals surface area contributed by atoms with Gasteiger partial charge in [-0.1, -0.05) is 13.8 Å². The summed E-state index contributed by atoms with van der Waals surface area (Å²) in [6.07, 6.45) is 5.29. The molecule has 0 aromatic carbocycles. The van der Waals surface area contributed by atoms with E-state index in [1.807, 2.05) is 40.0 Å². The monoisotopic (exact) mass is 462 g/mol. The van der Waals surface area contributed by atoms with Gasteiger partial charge in [0.15, 0.2) is 5.75 Å². The molecule has 0 unspecified atom stereocenters. The standard InChI is InChI=1S/C25H30N6O3/c1-14(2)13-34-23-9-21(29-31(15(3)4)25(23)33)20-12-30(18-6-17(7-18)10-26)22-11-27-24(8-19(20)22)28-16(5)32/h8-9,11-12,14-15,17-18H,6-7,13H2,1-5H3,(H,27,28,32). The third-order valence-electron chi connectivity index (χ3n) is 5.95. The Kier molecular flexibility index (Phi) is 6.42. The molecule has 1 aliphatic carbocycles. The van der Waals surface area contributed by atoms with Gasteiger partial charge >= 0.3 is 5.56 Å². The topological polar surface area (TPSA) is 115 Å². The second-order valence-corrected chi connectivity index (χ2v) is 9.61. The van der Waals surface area contributed by atoms with Crippen molar-refractivity contribution in [2.75, 3.05) is 11.9 Å². The lowest BCUT2D eigenvalue weighted by molar-refractivity contribution is -0.114. The molecule has 3 heterocycles. The Morgan fingerprint density at radius 2 is 2.03 bits per heavy atom. The minimum Gasteiger partial charge on any atom is -0.488 e. The van der Waals surface area contributed by atoms with Crippen LogP contribution < -0.4 is 15.6 Å². The number of amides is 1. The van der Waals surface area contributed by atoms with Crippen LogP contribution in [0.3, 0.4) is 0 Å². The molecule has 0 spiro atoms. The Labute approximate surface area is 198 Å². The lowest BCUT2D eigenvalue weighted by atomic mass is 9.81. The van der Waals surface area contributed by atoms with Gasteiger partial charge in [-0.05, 0) is 38.7 Å². The number of nitriles is 1. The first-order valence-electron chi connectivity index (χ1n) is 11.6. The second kappa shape index (κ2) is 9.29. The number of pyridine rings is 1. The number of ether oxygens (including phenoxy) is 1. The fraction of sp³-hybridized carbons (Fsp3) is 0.480. The quantitative estimate of drug-likeness (QED) is 0.559. The molecule has 1 saturated carbocycles. The number of hydrogen-bond acceptors (Lipinski definition) is 6. The van der Waals surface area contributed by atoms with E-state index in [2.05, 4.69) is 26.0 Å². The number of aromatic nitrogens is 4. The Balaban J connectivity index is 1.89. The summed E-state index contributed by atoms with van der Waals surface area (Å²) in [4.78, 5) is 29.0. The van der Waals surface area contributed by atoms with E-state index in [9.17, 15) is 14.9 Å². The molecule has 34 heavy (non-hydrogen) atoms. The Morgan fingerprint density at radius 1 is 1.29 bits per heavy atom. The number of anilines is 1. The maximum atomic E-state index is 13.0. The van der Waals surface area contributed by atoms with Crippen molar-refractivity contribution in [2.45, 2.75) is 59.5 Å². The van der Waals surface area contributed by atoms with Gasteiger partial charge in [-0.25, -0.2) is 9.67 Å². The summed E-state index contributed by atoms with van der Waals surface area (Å²) in [5.41, 5.74) is 2.04. The molecule has 0 aliphatic heterocycles. The maximum absolute atomic E-state index is 13.0. The highest BCUT2D eigenvalue weighted by Crippen LogP contribution is 2.42. The van der Waals surface area contributed by atoms with Gasteiger partial charge < -0.3 is 14.6 Å². The molecule has 0 saturated heterocycles. The van der Waals surface area contributed by atoms with Crippen molar-refractivity contribution < 1.29 is 9.53 Å². The number of fused-ring (bicyclic) bond motifs is 1. The highest BCUT2D eigenvalue weighted by molar-refractivity contribution is 5.98. The van der Waals surface area contributed by atoms with Crippen molar-refractivity contribution in [1.82, 2.24) is 19.3 Å². The first kappa shape index (κ1) is 23.5. The Bertz CT molecular complexity index is 1320. The average Bonchev–Trinajstić information content (AvgIpc) is 3.10. The van der Waals surface area contributed by atoms with Crippen molar-refractivity contribution in [3.05, 3.63) is 34.9 Å². The largest absolute Gasteiger partial charge is 0.488 e. The van der Waals surface area contributed by atoms with Gasteiger partial charge in [0.2, 0.25) is 5.91 Å². The van der Waals surface area contributed by atoms with E-state index in [1.165, 1.54) is 11.6 Å². The van der Waals surface area contributed by atoms with Crippen LogP contribution in [0, 0.1) is 23.2 Å². The molecule has 3 aromatic rings. The van der Waals surface area contributed by atoms with Gasteiger partial charge in [0.1, 0.15) is 5.82 Å². The molecule has 1 amide bonds. The summed E-state index contributed by atoms with van der Waals surface area (Å²) in [5.74, 6) is 0.811. The lowest BCUT2D eigenvalue weighted by Gasteiger charge is -2.32. The van der Waals surface area contributed by atoms with Crippen molar-refractivity contribution in [1.29, 1.82) is 5.26 Å². The summed E-state index contributed by atoms with van der Waals surface area (Å²) in [6.45, 7) is 9.73. The summed E-state index contributed by atoms with van der Waals surface area (Å²) < 4.78 is 9.44. The molecular formula is C25H30N6O3. The predicted octanol–water partition coefficient (Wildman–Crippen LogP) is 4.31. The molecule has 178 valence electrons. The number of hydrogen-bond donors (Lipinski definition) is 1. The predicted molar refractivity (Wildman–Crippen MR) is 130 cm³/mol. The normalized spacial score (nSPS) is 17.6. The van der Waals surface area contributed by atoms with Crippen LogP contribution in [0.25, 0.3) is 22.2 Å². The third kappa shape index (κ3) is 4.53. The van der Waals surface area contributed by atoms with Gasteiger partial charge in [0.25, 0.3) is 0 Å². The number of carbonyl (C=O) groups is 1. The van der Waals surface area contributed by atoms with E-state index < -0.39 is 0 Å². The molecule has 4 rings (SSSR count). The maximum Gasteiger partial charge on any atom is 0.309 e. The first-order chi connectivity index (χ1) is 16.2. The molecular weight excluding hydrogens is 432 g/mol. The number of nitrogens with one attached hydrogen (secondary N) is 1. The van der Waals surface area contributed by atoms with Crippen LogP contribution in [0.2, 0.25) is 0 Å². The van der Waals surface area contributed by atoms with Crippen LogP contribution >= 0.6 is 0 Å². The van der Waals surface area contributed by atoms with Crippen LogP contribution in [-0.2, 0) is 4.79 Å². The zero-order valence-corrected chi connectivity index (χ0v) is 20.2. The molecule has 1 fully saturated rings. The van der Waals surface area contributed by atoms with Crippen LogP contribution in [0.15, 0.2) is 29.3 Å². The van der Waals surface area contributed by atoms with E-state index in [1.54, 1.807) is 12.3 Å². The van der Waals surface area contributed by atoms with Crippen LogP contribution in [0.5, 0.6) is 5.75 Å². The Morgan fingerprint density at radius 3 is 2.65 bits per heavy atom. The van der Waals surface area contributed by atoms with Crippen molar-refractivity contribution in [3.63, 3.8) is 0 Å². The van der Waals surface area contributed by atoms with E-state index in [4.69, 9.17) is 4.74 Å². The molecule has 3 aromatic heterocycles. The van der Waals surface area contributed by atoms with Crippen LogP contribution in [0.4, 0.5) is 5.82 Å². The van der Waals surface area contributed by atoms with E-state index in [0.717, 1.165) is 29.3 Å². The van der Waals surface area contributed by atoms with Crippen molar-refractivity contribution in [3.8, 4) is 23.1 Å². The van der Waals surface area contributed by atoms with Crippen molar-refractivity contribution >= 4 is 22.6 Å². The Hall–Kier alpha value is -3.67. The number of nitrogens with zero attached hydrogens (tertiary/aromatic N) is 5. The summed E-state index contributed by atoms with van der Waals surface area (Å²) >= 11 is 0. The average molecular weight is 463 g/mol.